The normalized spacial score (nSPS) is 11.8. The molecule has 0 unspecified atom stereocenters. The second-order valence-corrected chi connectivity index (χ2v) is 36.0. The van der Waals surface area contributed by atoms with Crippen LogP contribution in [0.1, 0.15) is 0 Å². The van der Waals surface area contributed by atoms with Gasteiger partial charge in [-0.05, 0) is 196 Å². The molecule has 24 rings (SSSR count). The summed E-state index contributed by atoms with van der Waals surface area (Å²) in [5.41, 5.74) is 34.7. The second kappa shape index (κ2) is 29.0. The van der Waals surface area contributed by atoms with E-state index in [4.69, 9.17) is 0 Å². The van der Waals surface area contributed by atoms with Crippen molar-refractivity contribution in [2.24, 2.45) is 28.2 Å². The summed E-state index contributed by atoms with van der Waals surface area (Å²) in [6.07, 6.45) is 0. The van der Waals surface area contributed by atoms with Gasteiger partial charge < -0.3 is 18.3 Å². The van der Waals surface area contributed by atoms with E-state index in [1.807, 2.05) is 45.3 Å². The van der Waals surface area contributed by atoms with Gasteiger partial charge in [0, 0.05) is 135 Å². The third kappa shape index (κ3) is 12.4. The number of rotatable bonds is 12. The van der Waals surface area contributed by atoms with Gasteiger partial charge in [0.1, 0.15) is 0 Å². The van der Waals surface area contributed by atoms with Crippen LogP contribution in [0.5, 0.6) is 0 Å². The van der Waals surface area contributed by atoms with E-state index >= 15 is 0 Å². The summed E-state index contributed by atoms with van der Waals surface area (Å²) in [4.78, 5) is 0. The highest BCUT2D eigenvalue weighted by Crippen LogP contribution is 2.49. The third-order valence-electron chi connectivity index (χ3n) is 24.8. The summed E-state index contributed by atoms with van der Waals surface area (Å²) in [6.45, 7) is 0. The molecule has 8 heteroatoms. The Balaban J connectivity index is 0.000000140. The molecule has 24 aromatic rings. The van der Waals surface area contributed by atoms with Crippen molar-refractivity contribution >= 4 is 148 Å². The highest BCUT2D eigenvalue weighted by atomic mass is 32.1. The van der Waals surface area contributed by atoms with Gasteiger partial charge in [-0.1, -0.05) is 303 Å². The first-order valence-corrected chi connectivity index (χ1v) is 44.1. The molecular weight excluding hydrogens is 1530 g/mol. The highest BCUT2D eigenvalue weighted by Gasteiger charge is 2.21. The number of benzene rings is 16. The van der Waals surface area contributed by atoms with Crippen molar-refractivity contribution in [2.75, 3.05) is 0 Å². The van der Waals surface area contributed by atoms with E-state index in [1.54, 1.807) is 0 Å². The topological polar surface area (TPSA) is 19.7 Å². The van der Waals surface area contributed by atoms with Gasteiger partial charge >= 0.3 is 0 Å². The quantitative estimate of drug-likeness (QED) is 0.116. The lowest BCUT2D eigenvalue weighted by Crippen LogP contribution is -1.91. The van der Waals surface area contributed by atoms with Crippen molar-refractivity contribution in [1.29, 1.82) is 0 Å². The smallest absolute Gasteiger partial charge is 0.0542 e. The SMILES string of the molecule is Cn1c(-c2ccc(-c3ccc4c(c3)sc3c5ccc(-c6ccc(-c7cc8cc(-c9ccccc9)ccc8n7C)cc6)cc5sc43)cc2)cc2cc(-c3ccccc3)ccc21.Cn1c(-c2ccc(-c3ccc4c(c3)sc3c5ccc(-c6ccc(-c7cc8ccc(-c9ccccc9)cc8n7C)cc6)cc5sc43)cc2)cc2ccc(-c3ccccc3)cc21. The van der Waals surface area contributed by atoms with E-state index in [2.05, 4.69) is 435 Å². The van der Waals surface area contributed by atoms with Crippen LogP contribution in [0.3, 0.4) is 0 Å². The minimum absolute atomic E-state index is 1.22. The first kappa shape index (κ1) is 71.4. The first-order valence-electron chi connectivity index (χ1n) is 40.9. The Morgan fingerprint density at radius 2 is 0.350 bits per heavy atom. The lowest BCUT2D eigenvalue weighted by molar-refractivity contribution is 0.978. The maximum Gasteiger partial charge on any atom is 0.0542 e. The van der Waals surface area contributed by atoms with Gasteiger partial charge in [0.15, 0.2) is 0 Å². The number of aryl methyl sites for hydroxylation is 4. The van der Waals surface area contributed by atoms with Gasteiger partial charge in [0.05, 0.1) is 18.8 Å². The van der Waals surface area contributed by atoms with E-state index in [1.165, 1.54) is 237 Å². The van der Waals surface area contributed by atoms with Crippen molar-refractivity contribution in [3.8, 4) is 134 Å². The van der Waals surface area contributed by atoms with Crippen molar-refractivity contribution in [3.05, 3.63) is 388 Å². The summed E-state index contributed by atoms with van der Waals surface area (Å²) in [7, 11) is 8.68. The largest absolute Gasteiger partial charge is 0.344 e. The molecule has 0 atom stereocenters. The summed E-state index contributed by atoms with van der Waals surface area (Å²) < 4.78 is 20.2. The zero-order valence-electron chi connectivity index (χ0n) is 66.4. The minimum atomic E-state index is 1.22. The summed E-state index contributed by atoms with van der Waals surface area (Å²) in [6, 6.07) is 143. The Labute approximate surface area is 711 Å². The van der Waals surface area contributed by atoms with Crippen LogP contribution >= 0.6 is 45.3 Å². The maximum atomic E-state index is 2.38. The first-order chi connectivity index (χ1) is 59.0. The maximum absolute atomic E-state index is 2.38. The predicted octanol–water partition coefficient (Wildman–Crippen LogP) is 32.5. The monoisotopic (exact) mass is 1600 g/mol. The van der Waals surface area contributed by atoms with Gasteiger partial charge in [-0.3, -0.25) is 0 Å². The van der Waals surface area contributed by atoms with Crippen LogP contribution in [0.25, 0.3) is 237 Å². The van der Waals surface area contributed by atoms with Crippen LogP contribution < -0.4 is 0 Å². The molecule has 0 fully saturated rings. The third-order valence-corrected chi connectivity index (χ3v) is 29.8. The molecule has 0 aliphatic rings. The molecule has 0 spiro atoms. The van der Waals surface area contributed by atoms with E-state index in [-0.39, 0.29) is 0 Å². The standard InChI is InChI=1S/2C56H38N2S2/c1-57-49-27-23-41(35-9-5-3-6-10-35)29-45(49)31-51(57)39-17-13-37(14-18-39)43-21-25-47-53(33-43)59-56-48-26-22-44(34-54(48)60-55(47)56)38-15-19-40(20-16-38)52-32-46-30-42(24-28-50(46)58(52)2)36-11-7-4-8-12-36;1-57-49(31-45-23-21-41(29-51(45)57)35-9-5-3-6-10-35)39-17-13-37(14-18-39)43-25-27-47-53(33-43)59-56-48-28-26-44(34-54(48)60-55(47)56)38-15-19-40(20-16-38)50-32-46-24-22-42(30-52(46)58(50)2)36-11-7-4-8-12-36/h2*3-34H,1-2H3. The molecule has 0 saturated heterocycles. The van der Waals surface area contributed by atoms with Crippen LogP contribution in [0.2, 0.25) is 0 Å². The molecular formula is C112H76N4S4. The average Bonchev–Trinajstić information content (AvgIpc) is 1.61. The Morgan fingerprint density at radius 3 is 0.625 bits per heavy atom. The molecule has 8 aromatic heterocycles. The lowest BCUT2D eigenvalue weighted by atomic mass is 10.0. The molecule has 0 aliphatic heterocycles. The van der Waals surface area contributed by atoms with Gasteiger partial charge in [-0.25, -0.2) is 0 Å². The van der Waals surface area contributed by atoms with E-state index in [0.29, 0.717) is 0 Å². The fourth-order valence-electron chi connectivity index (χ4n) is 18.3. The Morgan fingerprint density at radius 1 is 0.150 bits per heavy atom. The van der Waals surface area contributed by atoms with Crippen molar-refractivity contribution in [2.45, 2.75) is 0 Å². The number of aromatic nitrogens is 4. The fourth-order valence-corrected chi connectivity index (χ4v) is 23.7. The lowest BCUT2D eigenvalue weighted by Gasteiger charge is -2.08. The van der Waals surface area contributed by atoms with Crippen LogP contribution in [-0.4, -0.2) is 18.3 Å². The molecule has 8 heterocycles. The summed E-state index contributed by atoms with van der Waals surface area (Å²) in [5, 5.41) is 10.4. The van der Waals surface area contributed by atoms with Crippen molar-refractivity contribution in [1.82, 2.24) is 18.3 Å². The number of hydrogen-bond acceptors (Lipinski definition) is 4. The van der Waals surface area contributed by atoms with E-state index in [9.17, 15) is 0 Å². The molecule has 4 nitrogen and oxygen atoms in total. The number of nitrogens with zero attached hydrogens (tertiary/aromatic N) is 4. The number of fused-ring (bicyclic) bond motifs is 14. The summed E-state index contributed by atoms with van der Waals surface area (Å²) >= 11 is 7.68. The Bertz CT molecular complexity index is 7410. The zero-order chi connectivity index (χ0) is 79.8. The van der Waals surface area contributed by atoms with Gasteiger partial charge in [-0.15, -0.1) is 45.3 Å². The Kier molecular flexibility index (Phi) is 17.2. The van der Waals surface area contributed by atoms with Gasteiger partial charge in [-0.2, -0.15) is 0 Å². The molecule has 0 radical (unpaired) electrons. The zero-order valence-corrected chi connectivity index (χ0v) is 69.6. The number of hydrogen-bond donors (Lipinski definition) is 0. The van der Waals surface area contributed by atoms with E-state index in [0.717, 1.165) is 0 Å². The highest BCUT2D eigenvalue weighted by molar-refractivity contribution is 7.37. The molecule has 0 aliphatic carbocycles. The van der Waals surface area contributed by atoms with Gasteiger partial charge in [0.25, 0.3) is 0 Å². The van der Waals surface area contributed by atoms with Crippen LogP contribution in [0, 0.1) is 0 Å². The van der Waals surface area contributed by atoms with Crippen LogP contribution in [0.15, 0.2) is 388 Å². The summed E-state index contributed by atoms with van der Waals surface area (Å²) in [5.74, 6) is 0. The average molecular weight is 1610 g/mol. The predicted molar refractivity (Wildman–Crippen MR) is 521 cm³/mol. The van der Waals surface area contributed by atoms with Crippen LogP contribution in [-0.2, 0) is 28.2 Å². The number of thiophene rings is 4. The second-order valence-electron chi connectivity index (χ2n) is 31.8. The van der Waals surface area contributed by atoms with E-state index < -0.39 is 0 Å². The molecule has 0 bridgehead atoms. The molecule has 16 aromatic carbocycles. The molecule has 0 saturated carbocycles. The van der Waals surface area contributed by atoms with Crippen molar-refractivity contribution in [3.63, 3.8) is 0 Å². The minimum Gasteiger partial charge on any atom is -0.344 e. The van der Waals surface area contributed by atoms with Gasteiger partial charge in [0.2, 0.25) is 0 Å². The molecule has 120 heavy (non-hydrogen) atoms. The van der Waals surface area contributed by atoms with Crippen LogP contribution in [0.4, 0.5) is 0 Å². The fraction of sp³-hybridized carbons (Fsp3) is 0.0357. The van der Waals surface area contributed by atoms with Crippen molar-refractivity contribution < 1.29 is 0 Å². The Hall–Kier alpha value is -14.0. The molecule has 568 valence electrons. The molecule has 0 N–H and O–H groups in total. The molecule has 0 amide bonds.